The number of aryl methyl sites for hydroxylation is 2. The van der Waals surface area contributed by atoms with Crippen molar-refractivity contribution in [2.24, 2.45) is 0 Å². The highest BCUT2D eigenvalue weighted by molar-refractivity contribution is 7.14. The Morgan fingerprint density at radius 2 is 1.68 bits per heavy atom. The molecule has 4 aromatic rings. The predicted octanol–water partition coefficient (Wildman–Crippen LogP) is 3.51. The third-order valence-electron chi connectivity index (χ3n) is 11.2. The Labute approximate surface area is 331 Å². The monoisotopic (exact) mass is 801 g/mol. The van der Waals surface area contributed by atoms with Gasteiger partial charge in [0.15, 0.2) is 5.82 Å². The Morgan fingerprint density at radius 3 is 2.39 bits per heavy atom. The number of fused-ring (bicyclic) bond motifs is 4. The molecule has 0 aliphatic carbocycles. The number of benzene rings is 2. The lowest BCUT2D eigenvalue weighted by Crippen LogP contribution is -2.54. The number of rotatable bonds is 9. The van der Waals surface area contributed by atoms with Crippen LogP contribution < -0.4 is 16.0 Å². The molecule has 0 spiro atoms. The number of aromatic nitrogens is 3. The van der Waals surface area contributed by atoms with E-state index < -0.39 is 41.5 Å². The first-order valence-electron chi connectivity index (χ1n) is 18.7. The summed E-state index contributed by atoms with van der Waals surface area (Å²) in [4.78, 5) is 70.2. The van der Waals surface area contributed by atoms with Crippen LogP contribution in [0.25, 0.3) is 5.00 Å². The van der Waals surface area contributed by atoms with Gasteiger partial charge in [-0.1, -0.05) is 23.7 Å². The summed E-state index contributed by atoms with van der Waals surface area (Å²) >= 11 is 7.94. The minimum absolute atomic E-state index is 0.00684. The van der Waals surface area contributed by atoms with E-state index in [0.717, 1.165) is 32.9 Å². The van der Waals surface area contributed by atoms with E-state index in [1.165, 1.54) is 16.5 Å². The Morgan fingerprint density at radius 1 is 0.982 bits per heavy atom. The molecule has 4 aliphatic heterocycles. The predicted molar refractivity (Wildman–Crippen MR) is 205 cm³/mol. The van der Waals surface area contributed by atoms with Crippen LogP contribution in [0.2, 0.25) is 5.02 Å². The number of amides is 5. The minimum atomic E-state index is -1.11. The molecular weight excluding hydrogens is 761 g/mol. The fraction of sp³-hybridized carbons (Fsp3) is 0.410. The first-order chi connectivity index (χ1) is 26.9. The van der Waals surface area contributed by atoms with Crippen LogP contribution in [-0.4, -0.2) is 104 Å². The summed E-state index contributed by atoms with van der Waals surface area (Å²) in [5, 5.41) is 19.6. The topological polar surface area (TPSA) is 162 Å². The molecule has 3 N–H and O–H groups in total. The molecule has 0 bridgehead atoms. The molecule has 292 valence electrons. The highest BCUT2D eigenvalue weighted by atomic mass is 35.5. The van der Waals surface area contributed by atoms with E-state index >= 15 is 4.39 Å². The van der Waals surface area contributed by atoms with E-state index in [1.807, 2.05) is 31.2 Å². The van der Waals surface area contributed by atoms with Gasteiger partial charge in [0.2, 0.25) is 17.7 Å². The smallest absolute Gasteiger partial charge is 0.262 e. The second kappa shape index (κ2) is 15.2. The highest BCUT2D eigenvalue weighted by Gasteiger charge is 2.45. The van der Waals surface area contributed by atoms with E-state index in [1.54, 1.807) is 11.3 Å². The quantitative estimate of drug-likeness (QED) is 0.214. The first kappa shape index (κ1) is 38.0. The van der Waals surface area contributed by atoms with E-state index in [2.05, 4.69) is 54.4 Å². The van der Waals surface area contributed by atoms with Gasteiger partial charge in [-0.3, -0.25) is 53.9 Å². The molecule has 2 aromatic carbocycles. The molecule has 14 nitrogen and oxygen atoms in total. The van der Waals surface area contributed by atoms with Crippen molar-refractivity contribution in [2.75, 3.05) is 39.3 Å². The largest absolute Gasteiger partial charge is 0.355 e. The first-order valence-corrected chi connectivity index (χ1v) is 19.9. The number of imide groups is 2. The minimum Gasteiger partial charge on any atom is -0.355 e. The average Bonchev–Trinajstić information content (AvgIpc) is 3.73. The van der Waals surface area contributed by atoms with Gasteiger partial charge in [0.1, 0.15) is 22.7 Å². The van der Waals surface area contributed by atoms with E-state index in [0.29, 0.717) is 50.1 Å². The van der Waals surface area contributed by atoms with Crippen molar-refractivity contribution in [3.05, 3.63) is 97.1 Å². The summed E-state index contributed by atoms with van der Waals surface area (Å²) in [6, 6.07) is 8.54. The molecule has 4 aliphatic rings. The van der Waals surface area contributed by atoms with Gasteiger partial charge in [-0.2, -0.15) is 0 Å². The van der Waals surface area contributed by atoms with E-state index in [4.69, 9.17) is 11.6 Å². The van der Waals surface area contributed by atoms with Crippen LogP contribution in [-0.2, 0) is 20.9 Å². The van der Waals surface area contributed by atoms with Crippen molar-refractivity contribution in [1.29, 1.82) is 0 Å². The summed E-state index contributed by atoms with van der Waals surface area (Å²) in [7, 11) is 0. The second-order valence-corrected chi connectivity index (χ2v) is 16.4. The fourth-order valence-electron chi connectivity index (χ4n) is 8.09. The Bertz CT molecular complexity index is 2270. The van der Waals surface area contributed by atoms with Gasteiger partial charge >= 0.3 is 0 Å². The SMILES string of the molecule is Cc1sc2c(c1C)[C@H](c1ccc(Cl)cc1)NC(CC(=O)NCCN1CCN(Cc3cc4c(cc3F)C(=O)N(C3CCC(=O)NC3=O)C4=O)CC1)c1nnc(C)n1-2. The van der Waals surface area contributed by atoms with Crippen LogP contribution in [0, 0.1) is 26.6 Å². The fourth-order valence-corrected chi connectivity index (χ4v) is 9.47. The van der Waals surface area contributed by atoms with Crippen LogP contribution >= 0.6 is 22.9 Å². The molecule has 17 heteroatoms. The van der Waals surface area contributed by atoms with Gasteiger partial charge in [0, 0.05) is 79.7 Å². The van der Waals surface area contributed by atoms with Crippen LogP contribution in [0.1, 0.15) is 90.8 Å². The lowest BCUT2D eigenvalue weighted by molar-refractivity contribution is -0.136. The van der Waals surface area contributed by atoms with Crippen molar-refractivity contribution >= 4 is 52.5 Å². The molecule has 2 fully saturated rings. The zero-order valence-electron chi connectivity index (χ0n) is 31.2. The lowest BCUT2D eigenvalue weighted by Gasteiger charge is -2.34. The molecule has 2 unspecified atom stereocenters. The number of nitrogens with zero attached hydrogens (tertiary/aromatic N) is 6. The van der Waals surface area contributed by atoms with Crippen LogP contribution in [0.3, 0.4) is 0 Å². The zero-order chi connectivity index (χ0) is 39.4. The normalized spacial score (nSPS) is 21.4. The Hall–Kier alpha value is -4.87. The number of nitrogens with one attached hydrogen (secondary N) is 3. The van der Waals surface area contributed by atoms with Crippen molar-refractivity contribution < 1.29 is 28.4 Å². The lowest BCUT2D eigenvalue weighted by atomic mass is 9.96. The number of thiophene rings is 1. The van der Waals surface area contributed by atoms with Crippen molar-refractivity contribution in [2.45, 2.75) is 64.7 Å². The Balaban J connectivity index is 0.861. The van der Waals surface area contributed by atoms with Crippen LogP contribution in [0.4, 0.5) is 4.39 Å². The maximum absolute atomic E-state index is 15.3. The maximum atomic E-state index is 15.3. The molecule has 6 heterocycles. The van der Waals surface area contributed by atoms with Gasteiger partial charge in [-0.25, -0.2) is 4.39 Å². The number of carbonyl (C=O) groups excluding carboxylic acids is 5. The van der Waals surface area contributed by atoms with Gasteiger partial charge in [0.25, 0.3) is 11.8 Å². The standard InChI is InChI=1S/C39H41ClFN9O5S/c1-20-21(2)56-39-33(20)34(23-4-6-25(40)7-5-23)43-29(35-46-45-22(3)49(35)39)18-32(52)42-10-11-47-12-14-48(15-13-47)19-24-16-26-27(17-28(24)41)38(55)50(37(26)54)30-8-9-31(51)44-36(30)53/h4-7,16-17,29-30,34,43H,8-15,18-19H2,1-3H3,(H,42,52)(H,44,51,53)/t29?,30?,34-/m0/s1. The summed E-state index contributed by atoms with van der Waals surface area (Å²) < 4.78 is 17.4. The summed E-state index contributed by atoms with van der Waals surface area (Å²) in [6.45, 7) is 10.1. The third kappa shape index (κ3) is 7.04. The van der Waals surface area contributed by atoms with Crippen LogP contribution in [0.15, 0.2) is 36.4 Å². The number of halogens is 2. The van der Waals surface area contributed by atoms with Crippen molar-refractivity contribution in [3.63, 3.8) is 0 Å². The van der Waals surface area contributed by atoms with Crippen molar-refractivity contribution in [1.82, 2.24) is 45.4 Å². The second-order valence-electron chi connectivity index (χ2n) is 14.8. The maximum Gasteiger partial charge on any atom is 0.262 e. The summed E-state index contributed by atoms with van der Waals surface area (Å²) in [5.41, 5.74) is 3.62. The van der Waals surface area contributed by atoms with E-state index in [9.17, 15) is 24.0 Å². The van der Waals surface area contributed by atoms with E-state index in [-0.39, 0.29) is 54.4 Å². The zero-order valence-corrected chi connectivity index (χ0v) is 32.7. The van der Waals surface area contributed by atoms with Gasteiger partial charge in [-0.15, -0.1) is 21.5 Å². The average molecular weight is 802 g/mol. The summed E-state index contributed by atoms with van der Waals surface area (Å²) in [5.74, 6) is -1.84. The third-order valence-corrected chi connectivity index (χ3v) is 12.7. The number of hydrogen-bond donors (Lipinski definition) is 3. The molecule has 2 saturated heterocycles. The molecule has 0 saturated carbocycles. The van der Waals surface area contributed by atoms with Gasteiger partial charge < -0.3 is 5.32 Å². The van der Waals surface area contributed by atoms with Crippen molar-refractivity contribution in [3.8, 4) is 5.00 Å². The highest BCUT2D eigenvalue weighted by Crippen LogP contribution is 2.43. The Kier molecular flexibility index (Phi) is 10.3. The molecule has 56 heavy (non-hydrogen) atoms. The molecule has 8 rings (SSSR count). The van der Waals surface area contributed by atoms with Crippen LogP contribution in [0.5, 0.6) is 0 Å². The number of hydrogen-bond acceptors (Lipinski definition) is 11. The molecule has 2 aromatic heterocycles. The molecule has 5 amide bonds. The number of piperazine rings is 1. The summed E-state index contributed by atoms with van der Waals surface area (Å²) in [6.07, 6.45) is 0.198. The van der Waals surface area contributed by atoms with Gasteiger partial charge in [-0.05, 0) is 62.6 Å². The molecule has 0 radical (unpaired) electrons. The molecule has 3 atom stereocenters. The number of carbonyl (C=O) groups is 5. The number of piperidine rings is 1. The molecular formula is C39H41ClFN9O5S. The van der Waals surface area contributed by atoms with Gasteiger partial charge in [0.05, 0.1) is 23.2 Å².